The molecule has 1 aliphatic rings. The molecule has 0 unspecified atom stereocenters. The molecule has 0 saturated carbocycles. The standard InChI is InChI=1S/C13H14N2O3/c1-14-7-9-8-18-13(15-9)10-3-2-4-11-12(10)17-6-5-16-11/h2-4,8,14H,5-7H2,1H3. The Kier molecular flexibility index (Phi) is 2.90. The van der Waals surface area contributed by atoms with Gasteiger partial charge in [0.05, 0.1) is 11.3 Å². The van der Waals surface area contributed by atoms with E-state index in [1.807, 2.05) is 25.2 Å². The molecule has 2 heterocycles. The van der Waals surface area contributed by atoms with Gasteiger partial charge in [-0.05, 0) is 19.2 Å². The number of hydrogen-bond acceptors (Lipinski definition) is 5. The summed E-state index contributed by atoms with van der Waals surface area (Å²) in [4.78, 5) is 4.41. The number of nitrogens with zero attached hydrogens (tertiary/aromatic N) is 1. The van der Waals surface area contributed by atoms with Crippen LogP contribution < -0.4 is 14.8 Å². The Morgan fingerprint density at radius 3 is 3.06 bits per heavy atom. The predicted octanol–water partition coefficient (Wildman–Crippen LogP) is 1.83. The van der Waals surface area contributed by atoms with Crippen molar-refractivity contribution in [2.24, 2.45) is 0 Å². The van der Waals surface area contributed by atoms with Crippen molar-refractivity contribution in [3.63, 3.8) is 0 Å². The first-order valence-corrected chi connectivity index (χ1v) is 5.86. The lowest BCUT2D eigenvalue weighted by Gasteiger charge is -2.19. The smallest absolute Gasteiger partial charge is 0.230 e. The minimum absolute atomic E-state index is 0.550. The molecule has 94 valence electrons. The number of ether oxygens (including phenoxy) is 2. The molecule has 1 aliphatic heterocycles. The summed E-state index contributed by atoms with van der Waals surface area (Å²) in [5.41, 5.74) is 1.69. The van der Waals surface area contributed by atoms with E-state index in [-0.39, 0.29) is 0 Å². The van der Waals surface area contributed by atoms with E-state index in [9.17, 15) is 0 Å². The van der Waals surface area contributed by atoms with Gasteiger partial charge in [-0.2, -0.15) is 0 Å². The Bertz CT molecular complexity index is 551. The summed E-state index contributed by atoms with van der Waals surface area (Å²) in [6, 6.07) is 5.71. The Balaban J connectivity index is 2.00. The first kappa shape index (κ1) is 11.1. The molecule has 0 amide bonds. The van der Waals surface area contributed by atoms with Gasteiger partial charge in [-0.1, -0.05) is 6.07 Å². The molecule has 3 rings (SSSR count). The first-order chi connectivity index (χ1) is 8.88. The summed E-state index contributed by atoms with van der Waals surface area (Å²) >= 11 is 0. The zero-order valence-electron chi connectivity index (χ0n) is 10.1. The third-order valence-corrected chi connectivity index (χ3v) is 2.71. The van der Waals surface area contributed by atoms with Gasteiger partial charge in [0.15, 0.2) is 11.5 Å². The Morgan fingerprint density at radius 1 is 1.28 bits per heavy atom. The zero-order chi connectivity index (χ0) is 12.4. The SMILES string of the molecule is CNCc1coc(-c2cccc3c2OCCO3)n1. The van der Waals surface area contributed by atoms with E-state index >= 15 is 0 Å². The van der Waals surface area contributed by atoms with Crippen LogP contribution in [0.4, 0.5) is 0 Å². The lowest BCUT2D eigenvalue weighted by molar-refractivity contribution is 0.172. The molecule has 0 saturated heterocycles. The summed E-state index contributed by atoms with van der Waals surface area (Å²) in [5, 5.41) is 3.03. The van der Waals surface area contributed by atoms with Crippen LogP contribution in [0.15, 0.2) is 28.9 Å². The third-order valence-electron chi connectivity index (χ3n) is 2.71. The highest BCUT2D eigenvalue weighted by Gasteiger charge is 2.19. The monoisotopic (exact) mass is 246 g/mol. The number of nitrogens with one attached hydrogen (secondary N) is 1. The Labute approximate surface area is 105 Å². The van der Waals surface area contributed by atoms with Crippen molar-refractivity contribution in [2.45, 2.75) is 6.54 Å². The quantitative estimate of drug-likeness (QED) is 0.895. The van der Waals surface area contributed by atoms with Crippen LogP contribution in [0.1, 0.15) is 5.69 Å². The van der Waals surface area contributed by atoms with Crippen molar-refractivity contribution < 1.29 is 13.9 Å². The van der Waals surface area contributed by atoms with E-state index in [0.717, 1.165) is 17.0 Å². The van der Waals surface area contributed by atoms with Crippen LogP contribution in [0.3, 0.4) is 0 Å². The first-order valence-electron chi connectivity index (χ1n) is 5.86. The van der Waals surface area contributed by atoms with E-state index in [0.29, 0.717) is 31.4 Å². The minimum atomic E-state index is 0.550. The molecule has 18 heavy (non-hydrogen) atoms. The van der Waals surface area contributed by atoms with Gasteiger partial charge in [-0.25, -0.2) is 4.98 Å². The van der Waals surface area contributed by atoms with Gasteiger partial charge in [0.1, 0.15) is 19.5 Å². The summed E-state index contributed by atoms with van der Waals surface area (Å²) in [6.45, 7) is 1.80. The average molecular weight is 246 g/mol. The second-order valence-electron chi connectivity index (χ2n) is 4.00. The number of rotatable bonds is 3. The lowest BCUT2D eigenvalue weighted by Crippen LogP contribution is -2.15. The van der Waals surface area contributed by atoms with Crippen molar-refractivity contribution in [2.75, 3.05) is 20.3 Å². The molecule has 0 radical (unpaired) electrons. The molecule has 0 spiro atoms. The van der Waals surface area contributed by atoms with Crippen LogP contribution >= 0.6 is 0 Å². The van der Waals surface area contributed by atoms with Crippen molar-refractivity contribution in [1.82, 2.24) is 10.3 Å². The van der Waals surface area contributed by atoms with Gasteiger partial charge in [-0.15, -0.1) is 0 Å². The molecular formula is C13H14N2O3. The molecule has 0 aliphatic carbocycles. The predicted molar refractivity (Wildman–Crippen MR) is 65.7 cm³/mol. The fraction of sp³-hybridized carbons (Fsp3) is 0.308. The van der Waals surface area contributed by atoms with Crippen molar-refractivity contribution in [3.8, 4) is 23.0 Å². The average Bonchev–Trinajstić information content (AvgIpc) is 2.87. The molecule has 5 nitrogen and oxygen atoms in total. The highest BCUT2D eigenvalue weighted by atomic mass is 16.6. The van der Waals surface area contributed by atoms with Crippen LogP contribution in [0, 0.1) is 0 Å². The van der Waals surface area contributed by atoms with E-state index in [1.54, 1.807) is 6.26 Å². The number of aromatic nitrogens is 1. The van der Waals surface area contributed by atoms with Gasteiger partial charge in [-0.3, -0.25) is 0 Å². The minimum Gasteiger partial charge on any atom is -0.486 e. The summed E-state index contributed by atoms with van der Waals surface area (Å²) < 4.78 is 16.7. The number of para-hydroxylation sites is 1. The van der Waals surface area contributed by atoms with Crippen LogP contribution in [0.5, 0.6) is 11.5 Å². The largest absolute Gasteiger partial charge is 0.486 e. The van der Waals surface area contributed by atoms with Crippen molar-refractivity contribution in [1.29, 1.82) is 0 Å². The third kappa shape index (κ3) is 1.93. The van der Waals surface area contributed by atoms with Crippen molar-refractivity contribution >= 4 is 0 Å². The summed E-state index contributed by atoms with van der Waals surface area (Å²) in [6.07, 6.45) is 1.65. The molecule has 1 aromatic carbocycles. The molecule has 0 atom stereocenters. The molecule has 2 aromatic rings. The molecule has 5 heteroatoms. The zero-order valence-corrected chi connectivity index (χ0v) is 10.1. The number of fused-ring (bicyclic) bond motifs is 1. The van der Waals surface area contributed by atoms with E-state index < -0.39 is 0 Å². The van der Waals surface area contributed by atoms with Gasteiger partial charge in [0.2, 0.25) is 5.89 Å². The van der Waals surface area contributed by atoms with Gasteiger partial charge in [0, 0.05) is 6.54 Å². The van der Waals surface area contributed by atoms with Gasteiger partial charge in [0.25, 0.3) is 0 Å². The molecule has 0 bridgehead atoms. The second kappa shape index (κ2) is 4.70. The van der Waals surface area contributed by atoms with Crippen LogP contribution in [-0.4, -0.2) is 25.2 Å². The maximum Gasteiger partial charge on any atom is 0.230 e. The molecular weight excluding hydrogens is 232 g/mol. The van der Waals surface area contributed by atoms with Crippen LogP contribution in [0.2, 0.25) is 0 Å². The molecule has 1 N–H and O–H groups in total. The normalized spacial score (nSPS) is 13.6. The van der Waals surface area contributed by atoms with E-state index in [1.165, 1.54) is 0 Å². The highest BCUT2D eigenvalue weighted by Crippen LogP contribution is 2.39. The maximum absolute atomic E-state index is 5.64. The van der Waals surface area contributed by atoms with Gasteiger partial charge < -0.3 is 19.2 Å². The molecule has 0 fully saturated rings. The fourth-order valence-corrected chi connectivity index (χ4v) is 1.94. The lowest BCUT2D eigenvalue weighted by atomic mass is 10.1. The highest BCUT2D eigenvalue weighted by molar-refractivity contribution is 5.68. The summed E-state index contributed by atoms with van der Waals surface area (Å²) in [5.74, 6) is 2.01. The summed E-state index contributed by atoms with van der Waals surface area (Å²) in [7, 11) is 1.87. The molecule has 1 aromatic heterocycles. The maximum atomic E-state index is 5.64. The second-order valence-corrected chi connectivity index (χ2v) is 4.00. The fourth-order valence-electron chi connectivity index (χ4n) is 1.94. The Morgan fingerprint density at radius 2 is 2.17 bits per heavy atom. The van der Waals surface area contributed by atoms with Gasteiger partial charge >= 0.3 is 0 Å². The van der Waals surface area contributed by atoms with Crippen molar-refractivity contribution in [3.05, 3.63) is 30.2 Å². The number of hydrogen-bond donors (Lipinski definition) is 1. The Hall–Kier alpha value is -2.01. The number of benzene rings is 1. The van der Waals surface area contributed by atoms with E-state index in [4.69, 9.17) is 13.9 Å². The van der Waals surface area contributed by atoms with E-state index in [2.05, 4.69) is 10.3 Å². The van der Waals surface area contributed by atoms with Crippen LogP contribution in [-0.2, 0) is 6.54 Å². The number of oxazole rings is 1. The van der Waals surface area contributed by atoms with Crippen LogP contribution in [0.25, 0.3) is 11.5 Å². The topological polar surface area (TPSA) is 56.5 Å².